The minimum Gasteiger partial charge on any atom is -0.392 e. The lowest BCUT2D eigenvalue weighted by Gasteiger charge is -2.18. The van der Waals surface area contributed by atoms with E-state index in [1.54, 1.807) is 24.3 Å². The molecule has 9 heteroatoms. The van der Waals surface area contributed by atoms with Gasteiger partial charge in [-0.15, -0.1) is 0 Å². The number of amides is 4. The topological polar surface area (TPSA) is 160 Å². The molecule has 0 heterocycles. The number of nitrogens with one attached hydrogen (secondary N) is 3. The van der Waals surface area contributed by atoms with Gasteiger partial charge in [0.05, 0.1) is 13.2 Å². The number of carbonyl (C=O) groups excluding carboxylic acids is 3. The highest BCUT2D eigenvalue weighted by Crippen LogP contribution is 2.11. The van der Waals surface area contributed by atoms with Crippen LogP contribution in [0.25, 0.3) is 0 Å². The summed E-state index contributed by atoms with van der Waals surface area (Å²) in [4.78, 5) is 34.4. The van der Waals surface area contributed by atoms with E-state index < -0.39 is 23.9 Å². The summed E-state index contributed by atoms with van der Waals surface area (Å²) in [7, 11) is 0. The van der Waals surface area contributed by atoms with Gasteiger partial charge in [0.1, 0.15) is 6.04 Å². The molecule has 1 aromatic rings. The Kier molecular flexibility index (Phi) is 18.4. The zero-order chi connectivity index (χ0) is 22.7. The van der Waals surface area contributed by atoms with E-state index in [0.29, 0.717) is 25.1 Å². The molecule has 0 aliphatic rings. The van der Waals surface area contributed by atoms with Crippen molar-refractivity contribution in [1.29, 1.82) is 0 Å². The van der Waals surface area contributed by atoms with Crippen LogP contribution in [-0.4, -0.2) is 42.1 Å². The van der Waals surface area contributed by atoms with Gasteiger partial charge in [0, 0.05) is 12.2 Å². The molecule has 1 aromatic carbocycles. The van der Waals surface area contributed by atoms with Crippen molar-refractivity contribution in [1.82, 2.24) is 10.6 Å². The summed E-state index contributed by atoms with van der Waals surface area (Å²) >= 11 is 0. The van der Waals surface area contributed by atoms with Crippen LogP contribution in [0.15, 0.2) is 24.3 Å². The molecular formula is C20H37N5O4. The first kappa shape index (κ1) is 28.6. The van der Waals surface area contributed by atoms with Gasteiger partial charge in [-0.25, -0.2) is 4.79 Å². The fourth-order valence-electron chi connectivity index (χ4n) is 1.96. The molecule has 0 bridgehead atoms. The molecule has 166 valence electrons. The number of aliphatic hydroxyl groups is 1. The molecule has 29 heavy (non-hydrogen) atoms. The summed E-state index contributed by atoms with van der Waals surface area (Å²) in [6, 6.07) is 5.23. The van der Waals surface area contributed by atoms with Crippen molar-refractivity contribution in [2.75, 3.05) is 18.4 Å². The van der Waals surface area contributed by atoms with Crippen molar-refractivity contribution < 1.29 is 19.5 Å². The summed E-state index contributed by atoms with van der Waals surface area (Å²) in [6.45, 7) is 8.23. The molecule has 1 rings (SSSR count). The fraction of sp³-hybridized carbons (Fsp3) is 0.550. The van der Waals surface area contributed by atoms with Crippen LogP contribution in [0.1, 0.15) is 52.5 Å². The molecule has 0 radical (unpaired) electrons. The van der Waals surface area contributed by atoms with Gasteiger partial charge in [-0.05, 0) is 30.5 Å². The molecular weight excluding hydrogens is 374 g/mol. The van der Waals surface area contributed by atoms with E-state index in [1.165, 1.54) is 6.42 Å². The molecule has 4 amide bonds. The van der Waals surface area contributed by atoms with Crippen molar-refractivity contribution >= 4 is 23.5 Å². The van der Waals surface area contributed by atoms with E-state index in [-0.39, 0.29) is 13.2 Å². The molecule has 0 aromatic heterocycles. The van der Waals surface area contributed by atoms with Crippen molar-refractivity contribution in [3.63, 3.8) is 0 Å². The highest BCUT2D eigenvalue weighted by Gasteiger charge is 2.20. The standard InChI is InChI=1S/C15H23N5O4.C3H8.C2H6/c16-8-13(22)20-12(2-1-7-18-15(17)24)14(23)19-11-5-3-10(9-21)4-6-11;1-3-2;1-2/h3-6,12,21H,1-2,7-9,16H2,(H,19,23)(H,20,22)(H3,17,18,24);3H2,1-2H3;1-2H3. The molecule has 0 fully saturated rings. The third kappa shape index (κ3) is 15.0. The molecule has 0 aliphatic heterocycles. The molecule has 0 aliphatic carbocycles. The summed E-state index contributed by atoms with van der Waals surface area (Å²) in [5.74, 6) is -0.846. The molecule has 8 N–H and O–H groups in total. The van der Waals surface area contributed by atoms with Gasteiger partial charge < -0.3 is 32.5 Å². The van der Waals surface area contributed by atoms with Crippen LogP contribution in [0, 0.1) is 0 Å². The zero-order valence-electron chi connectivity index (χ0n) is 18.0. The summed E-state index contributed by atoms with van der Waals surface area (Å²) < 4.78 is 0. The number of nitrogens with two attached hydrogens (primary N) is 2. The maximum absolute atomic E-state index is 12.3. The van der Waals surface area contributed by atoms with Crippen molar-refractivity contribution in [3.05, 3.63) is 29.8 Å². The molecule has 0 saturated carbocycles. The SMILES string of the molecule is CC.CCC.NCC(=O)NC(CCCNC(N)=O)C(=O)Nc1ccc(CO)cc1. The van der Waals surface area contributed by atoms with Crippen molar-refractivity contribution in [2.45, 2.75) is 59.6 Å². The largest absolute Gasteiger partial charge is 0.392 e. The van der Waals surface area contributed by atoms with E-state index in [1.807, 2.05) is 13.8 Å². The number of hydrogen-bond donors (Lipinski definition) is 6. The maximum Gasteiger partial charge on any atom is 0.312 e. The number of hydrogen-bond acceptors (Lipinski definition) is 5. The number of urea groups is 1. The molecule has 0 saturated heterocycles. The van der Waals surface area contributed by atoms with E-state index in [2.05, 4.69) is 29.8 Å². The normalized spacial score (nSPS) is 10.3. The van der Waals surface area contributed by atoms with Crippen LogP contribution >= 0.6 is 0 Å². The Morgan fingerprint density at radius 2 is 1.66 bits per heavy atom. The monoisotopic (exact) mass is 411 g/mol. The van der Waals surface area contributed by atoms with Crippen molar-refractivity contribution in [3.8, 4) is 0 Å². The lowest BCUT2D eigenvalue weighted by Crippen LogP contribution is -2.46. The summed E-state index contributed by atoms with van der Waals surface area (Å²) in [5, 5.41) is 16.6. The van der Waals surface area contributed by atoms with Gasteiger partial charge in [0.25, 0.3) is 0 Å². The molecule has 1 unspecified atom stereocenters. The predicted molar refractivity (Wildman–Crippen MR) is 116 cm³/mol. The Morgan fingerprint density at radius 3 is 2.10 bits per heavy atom. The average molecular weight is 412 g/mol. The van der Waals surface area contributed by atoms with Crippen LogP contribution in [0.2, 0.25) is 0 Å². The van der Waals surface area contributed by atoms with Gasteiger partial charge in [0.15, 0.2) is 0 Å². The van der Waals surface area contributed by atoms with Gasteiger partial charge >= 0.3 is 6.03 Å². The van der Waals surface area contributed by atoms with E-state index in [4.69, 9.17) is 16.6 Å². The van der Waals surface area contributed by atoms with Gasteiger partial charge in [-0.3, -0.25) is 9.59 Å². The fourth-order valence-corrected chi connectivity index (χ4v) is 1.96. The first-order chi connectivity index (χ1) is 13.9. The van der Waals surface area contributed by atoms with Gasteiger partial charge in [0.2, 0.25) is 11.8 Å². The zero-order valence-corrected chi connectivity index (χ0v) is 18.0. The predicted octanol–water partition coefficient (Wildman–Crippen LogP) is 1.45. The Bertz CT molecular complexity index is 579. The van der Waals surface area contributed by atoms with Gasteiger partial charge in [-0.2, -0.15) is 0 Å². The number of primary amides is 1. The van der Waals surface area contributed by atoms with E-state index in [9.17, 15) is 14.4 Å². The smallest absolute Gasteiger partial charge is 0.312 e. The number of aliphatic hydroxyl groups excluding tert-OH is 1. The maximum atomic E-state index is 12.3. The number of carbonyl (C=O) groups is 3. The Labute approximate surface area is 173 Å². The summed E-state index contributed by atoms with van der Waals surface area (Å²) in [6.07, 6.45) is 2.02. The van der Waals surface area contributed by atoms with Crippen molar-refractivity contribution in [2.24, 2.45) is 11.5 Å². The second-order valence-corrected chi connectivity index (χ2v) is 5.81. The lowest BCUT2D eigenvalue weighted by molar-refractivity contribution is -0.125. The van der Waals surface area contributed by atoms with E-state index in [0.717, 1.165) is 5.56 Å². The quantitative estimate of drug-likeness (QED) is 0.339. The third-order valence-corrected chi connectivity index (χ3v) is 3.21. The molecule has 0 spiro atoms. The first-order valence-corrected chi connectivity index (χ1v) is 9.91. The van der Waals surface area contributed by atoms with Gasteiger partial charge in [-0.1, -0.05) is 46.2 Å². The number of rotatable bonds is 9. The Morgan fingerprint density at radius 1 is 1.10 bits per heavy atom. The second-order valence-electron chi connectivity index (χ2n) is 5.81. The molecule has 9 nitrogen and oxygen atoms in total. The van der Waals surface area contributed by atoms with Crippen LogP contribution in [0.4, 0.5) is 10.5 Å². The number of anilines is 1. The number of benzene rings is 1. The Hall–Kier alpha value is -2.65. The average Bonchev–Trinajstić information content (AvgIpc) is 2.72. The van der Waals surface area contributed by atoms with E-state index >= 15 is 0 Å². The van der Waals surface area contributed by atoms with Crippen LogP contribution in [0.5, 0.6) is 0 Å². The van der Waals surface area contributed by atoms with Crippen LogP contribution in [-0.2, 0) is 16.2 Å². The Balaban J connectivity index is 0. The minimum atomic E-state index is -0.784. The minimum absolute atomic E-state index is 0.0870. The summed E-state index contributed by atoms with van der Waals surface area (Å²) in [5.41, 5.74) is 11.5. The first-order valence-electron chi connectivity index (χ1n) is 9.91. The lowest BCUT2D eigenvalue weighted by atomic mass is 10.1. The van der Waals surface area contributed by atoms with Crippen LogP contribution in [0.3, 0.4) is 0 Å². The second kappa shape index (κ2) is 18.7. The van der Waals surface area contributed by atoms with Crippen LogP contribution < -0.4 is 27.4 Å². The molecule has 1 atom stereocenters. The highest BCUT2D eigenvalue weighted by molar-refractivity contribution is 5.97. The third-order valence-electron chi connectivity index (χ3n) is 3.21. The highest BCUT2D eigenvalue weighted by atomic mass is 16.3.